The summed E-state index contributed by atoms with van der Waals surface area (Å²) in [4.78, 5) is 12.3. The first kappa shape index (κ1) is 17.1. The maximum atomic E-state index is 12.7. The number of halogens is 4. The molecule has 3 nitrogen and oxygen atoms in total. The number of hydrogen-bond donors (Lipinski definition) is 1. The van der Waals surface area contributed by atoms with E-state index in [0.29, 0.717) is 17.4 Å². The lowest BCUT2D eigenvalue weighted by atomic mass is 10.1. The molecule has 2 aromatic carbocycles. The largest absolute Gasteiger partial charge is 0.493 e. The fourth-order valence-electron chi connectivity index (χ4n) is 1.93. The van der Waals surface area contributed by atoms with E-state index < -0.39 is 17.6 Å². The summed E-state index contributed by atoms with van der Waals surface area (Å²) in [5.41, 5.74) is -0.657. The molecule has 23 heavy (non-hydrogen) atoms. The fraction of sp³-hybridized carbons (Fsp3) is 0.188. The third-order valence-corrected chi connectivity index (χ3v) is 3.17. The molecule has 0 saturated carbocycles. The molecule has 0 saturated heterocycles. The molecule has 1 amide bonds. The van der Waals surface area contributed by atoms with Crippen molar-refractivity contribution in [2.75, 3.05) is 11.9 Å². The molecular weight excluding hydrogens is 331 g/mol. The number of carbonyl (C=O) groups excluding carboxylic acids is 1. The summed E-state index contributed by atoms with van der Waals surface area (Å²) < 4.78 is 43.4. The van der Waals surface area contributed by atoms with Gasteiger partial charge in [0.1, 0.15) is 5.75 Å². The van der Waals surface area contributed by atoms with E-state index in [0.717, 1.165) is 12.1 Å². The number of rotatable bonds is 4. The van der Waals surface area contributed by atoms with Crippen LogP contribution in [0.1, 0.15) is 22.8 Å². The van der Waals surface area contributed by atoms with Crippen LogP contribution in [0.25, 0.3) is 0 Å². The van der Waals surface area contributed by atoms with Crippen molar-refractivity contribution < 1.29 is 22.7 Å². The van der Waals surface area contributed by atoms with E-state index in [9.17, 15) is 18.0 Å². The smallest absolute Gasteiger partial charge is 0.416 e. The van der Waals surface area contributed by atoms with Crippen molar-refractivity contribution in [3.63, 3.8) is 0 Å². The second kappa shape index (κ2) is 6.91. The zero-order valence-electron chi connectivity index (χ0n) is 12.1. The molecular formula is C16H13ClF3NO2. The van der Waals surface area contributed by atoms with Crippen molar-refractivity contribution in [1.29, 1.82) is 0 Å². The molecule has 0 aliphatic rings. The average molecular weight is 344 g/mol. The summed E-state index contributed by atoms with van der Waals surface area (Å²) in [6.45, 7) is 2.09. The van der Waals surface area contributed by atoms with Gasteiger partial charge in [0, 0.05) is 10.7 Å². The number of nitrogens with one attached hydrogen (secondary N) is 1. The van der Waals surface area contributed by atoms with E-state index >= 15 is 0 Å². The van der Waals surface area contributed by atoms with Crippen molar-refractivity contribution in [3.05, 3.63) is 58.6 Å². The molecule has 2 aromatic rings. The minimum atomic E-state index is -4.48. The predicted octanol–water partition coefficient (Wildman–Crippen LogP) is 5.01. The highest BCUT2D eigenvalue weighted by Gasteiger charge is 2.30. The molecule has 0 bridgehead atoms. The van der Waals surface area contributed by atoms with Crippen LogP contribution < -0.4 is 10.1 Å². The average Bonchev–Trinajstić information content (AvgIpc) is 2.48. The topological polar surface area (TPSA) is 38.3 Å². The van der Waals surface area contributed by atoms with E-state index in [1.165, 1.54) is 24.3 Å². The Morgan fingerprint density at radius 2 is 1.96 bits per heavy atom. The highest BCUT2D eigenvalue weighted by atomic mass is 35.5. The summed E-state index contributed by atoms with van der Waals surface area (Å²) in [6, 6.07) is 8.89. The van der Waals surface area contributed by atoms with Gasteiger partial charge < -0.3 is 10.1 Å². The first-order chi connectivity index (χ1) is 10.8. The highest BCUT2D eigenvalue weighted by molar-refractivity contribution is 6.31. The number of alkyl halides is 3. The van der Waals surface area contributed by atoms with E-state index in [4.69, 9.17) is 16.3 Å². The highest BCUT2D eigenvalue weighted by Crippen LogP contribution is 2.31. The molecule has 122 valence electrons. The Hall–Kier alpha value is -2.21. The monoisotopic (exact) mass is 343 g/mol. The lowest BCUT2D eigenvalue weighted by Gasteiger charge is -2.12. The molecule has 0 aliphatic carbocycles. The Labute approximate surface area is 136 Å². The number of carbonyl (C=O) groups is 1. The van der Waals surface area contributed by atoms with Crippen LogP contribution in [-0.4, -0.2) is 12.5 Å². The number of benzene rings is 2. The molecule has 0 radical (unpaired) electrons. The lowest BCUT2D eigenvalue weighted by molar-refractivity contribution is -0.137. The molecule has 0 aromatic heterocycles. The quantitative estimate of drug-likeness (QED) is 0.847. The van der Waals surface area contributed by atoms with Crippen molar-refractivity contribution in [2.45, 2.75) is 13.1 Å². The van der Waals surface area contributed by atoms with Crippen LogP contribution in [0.2, 0.25) is 5.02 Å². The summed E-state index contributed by atoms with van der Waals surface area (Å²) in [5.74, 6) is -0.295. The molecule has 7 heteroatoms. The van der Waals surface area contributed by atoms with Gasteiger partial charge in [-0.25, -0.2) is 0 Å². The van der Waals surface area contributed by atoms with Crippen molar-refractivity contribution in [3.8, 4) is 5.75 Å². The number of amides is 1. The van der Waals surface area contributed by atoms with Crippen LogP contribution in [-0.2, 0) is 6.18 Å². The third-order valence-electron chi connectivity index (χ3n) is 2.93. The summed E-state index contributed by atoms with van der Waals surface area (Å²) in [5, 5.41) is 2.74. The van der Waals surface area contributed by atoms with Crippen LogP contribution in [0.5, 0.6) is 5.75 Å². The van der Waals surface area contributed by atoms with Gasteiger partial charge >= 0.3 is 6.18 Å². The summed E-state index contributed by atoms with van der Waals surface area (Å²) in [7, 11) is 0. The van der Waals surface area contributed by atoms with E-state index in [1.54, 1.807) is 13.0 Å². The van der Waals surface area contributed by atoms with Gasteiger partial charge in [0.25, 0.3) is 5.91 Å². The Balaban J connectivity index is 2.28. The summed E-state index contributed by atoms with van der Waals surface area (Å²) >= 11 is 5.86. The minimum absolute atomic E-state index is 0.0345. The Morgan fingerprint density at radius 1 is 1.22 bits per heavy atom. The number of hydrogen-bond acceptors (Lipinski definition) is 2. The standard InChI is InChI=1S/C16H13ClF3NO2/c1-2-23-14-7-6-11(17)9-13(14)15(22)21-12-5-3-4-10(8-12)16(18,19)20/h3-9H,2H2,1H3,(H,21,22). The first-order valence-electron chi connectivity index (χ1n) is 6.72. The van der Waals surface area contributed by atoms with Crippen molar-refractivity contribution >= 4 is 23.2 Å². The Morgan fingerprint density at radius 3 is 2.61 bits per heavy atom. The summed E-state index contributed by atoms with van der Waals surface area (Å²) in [6.07, 6.45) is -4.48. The predicted molar refractivity (Wildman–Crippen MR) is 82.0 cm³/mol. The van der Waals surface area contributed by atoms with E-state index in [1.807, 2.05) is 0 Å². The Kier molecular flexibility index (Phi) is 5.15. The van der Waals surface area contributed by atoms with Gasteiger partial charge in [-0.05, 0) is 43.3 Å². The molecule has 2 rings (SSSR count). The van der Waals surface area contributed by atoms with Crippen LogP contribution in [0.15, 0.2) is 42.5 Å². The van der Waals surface area contributed by atoms with E-state index in [2.05, 4.69) is 5.32 Å². The lowest BCUT2D eigenvalue weighted by Crippen LogP contribution is -2.14. The second-order valence-electron chi connectivity index (χ2n) is 4.61. The molecule has 0 fully saturated rings. The SMILES string of the molecule is CCOc1ccc(Cl)cc1C(=O)Nc1cccc(C(F)(F)F)c1. The van der Waals surface area contributed by atoms with Crippen LogP contribution in [0, 0.1) is 0 Å². The maximum absolute atomic E-state index is 12.7. The van der Waals surface area contributed by atoms with Gasteiger partial charge in [-0.15, -0.1) is 0 Å². The van der Waals surface area contributed by atoms with Crippen LogP contribution in [0.3, 0.4) is 0 Å². The van der Waals surface area contributed by atoms with Crippen LogP contribution in [0.4, 0.5) is 18.9 Å². The fourth-order valence-corrected chi connectivity index (χ4v) is 2.10. The molecule has 1 N–H and O–H groups in total. The van der Waals surface area contributed by atoms with Crippen molar-refractivity contribution in [2.24, 2.45) is 0 Å². The molecule has 0 aliphatic heterocycles. The first-order valence-corrected chi connectivity index (χ1v) is 7.10. The zero-order chi connectivity index (χ0) is 17.0. The molecule has 0 heterocycles. The van der Waals surface area contributed by atoms with Gasteiger partial charge in [0.05, 0.1) is 17.7 Å². The Bertz CT molecular complexity index is 717. The molecule has 0 spiro atoms. The van der Waals surface area contributed by atoms with Crippen LogP contribution >= 0.6 is 11.6 Å². The maximum Gasteiger partial charge on any atom is 0.416 e. The normalized spacial score (nSPS) is 11.2. The zero-order valence-corrected chi connectivity index (χ0v) is 12.8. The molecule has 0 unspecified atom stereocenters. The van der Waals surface area contributed by atoms with Gasteiger partial charge in [-0.3, -0.25) is 4.79 Å². The van der Waals surface area contributed by atoms with Gasteiger partial charge in [0.15, 0.2) is 0 Å². The second-order valence-corrected chi connectivity index (χ2v) is 5.04. The van der Waals surface area contributed by atoms with Gasteiger partial charge in [-0.1, -0.05) is 17.7 Å². The minimum Gasteiger partial charge on any atom is -0.493 e. The van der Waals surface area contributed by atoms with Gasteiger partial charge in [0.2, 0.25) is 0 Å². The van der Waals surface area contributed by atoms with E-state index in [-0.39, 0.29) is 11.3 Å². The number of ether oxygens (including phenoxy) is 1. The van der Waals surface area contributed by atoms with Gasteiger partial charge in [-0.2, -0.15) is 13.2 Å². The van der Waals surface area contributed by atoms with Crippen molar-refractivity contribution in [1.82, 2.24) is 0 Å². The molecule has 0 atom stereocenters. The number of anilines is 1. The third kappa shape index (κ3) is 4.39.